The molecule has 7 heteroatoms. The molecule has 1 heterocycles. The monoisotopic (exact) mass is 439 g/mol. The summed E-state index contributed by atoms with van der Waals surface area (Å²) in [6.07, 6.45) is 0. The number of ketones is 2. The number of aryl methyl sites for hydroxylation is 1. The molecule has 6 nitrogen and oxygen atoms in total. The van der Waals surface area contributed by atoms with E-state index in [1.54, 1.807) is 42.5 Å². The Bertz CT molecular complexity index is 1430. The highest BCUT2D eigenvalue weighted by atomic mass is 32.2. The Labute approximate surface area is 188 Å². The topological polar surface area (TPSA) is 89.0 Å². The number of rotatable bonds is 4. The van der Waals surface area contributed by atoms with Gasteiger partial charge >= 0.3 is 0 Å². The second-order valence-electron chi connectivity index (χ2n) is 7.37. The molecule has 1 N–H and O–H groups in total. The Kier molecular flexibility index (Phi) is 5.03. The van der Waals surface area contributed by atoms with Gasteiger partial charge in [0.05, 0.1) is 33.7 Å². The van der Waals surface area contributed by atoms with Crippen molar-refractivity contribution >= 4 is 46.0 Å². The summed E-state index contributed by atoms with van der Waals surface area (Å²) in [5.74, 6) is -0.689. The zero-order chi connectivity index (χ0) is 22.2. The maximum absolute atomic E-state index is 13.1. The molecule has 0 spiro atoms. The smallest absolute Gasteiger partial charge is 0.234 e. The molecule has 5 rings (SSSR count). The number of nitrogens with zero attached hydrogens (tertiary/aromatic N) is 2. The van der Waals surface area contributed by atoms with Gasteiger partial charge in [-0.3, -0.25) is 14.4 Å². The zero-order valence-electron chi connectivity index (χ0n) is 17.1. The summed E-state index contributed by atoms with van der Waals surface area (Å²) in [6, 6.07) is 19.2. The first-order valence-corrected chi connectivity index (χ1v) is 11.0. The Morgan fingerprint density at radius 1 is 0.812 bits per heavy atom. The molecule has 32 heavy (non-hydrogen) atoms. The fraction of sp³-hybridized carbons (Fsp3) is 0.0800. The lowest BCUT2D eigenvalue weighted by Crippen LogP contribution is -2.24. The van der Waals surface area contributed by atoms with E-state index in [0.29, 0.717) is 27.4 Å². The van der Waals surface area contributed by atoms with E-state index in [1.807, 2.05) is 31.2 Å². The van der Waals surface area contributed by atoms with Gasteiger partial charge in [0.1, 0.15) is 5.03 Å². The Balaban J connectivity index is 1.38. The third-order valence-corrected chi connectivity index (χ3v) is 6.33. The van der Waals surface area contributed by atoms with Gasteiger partial charge in [0.2, 0.25) is 5.91 Å². The van der Waals surface area contributed by atoms with E-state index in [4.69, 9.17) is 0 Å². The summed E-state index contributed by atoms with van der Waals surface area (Å²) in [7, 11) is 0. The van der Waals surface area contributed by atoms with Gasteiger partial charge in [-0.1, -0.05) is 60.3 Å². The van der Waals surface area contributed by atoms with Gasteiger partial charge < -0.3 is 5.32 Å². The van der Waals surface area contributed by atoms with Crippen molar-refractivity contribution in [2.24, 2.45) is 0 Å². The lowest BCUT2D eigenvalue weighted by Gasteiger charge is -2.20. The first-order chi connectivity index (χ1) is 15.5. The SMILES string of the molecule is Cc1nc2ccccc2nc1SCC(=O)Nc1cccc2c1C(=O)c1ccccc1C2=O. The molecule has 1 aliphatic carbocycles. The molecule has 156 valence electrons. The van der Waals surface area contributed by atoms with Crippen molar-refractivity contribution in [3.8, 4) is 0 Å². The molecular formula is C25H17N3O3S. The van der Waals surface area contributed by atoms with Crippen LogP contribution in [-0.4, -0.2) is 33.2 Å². The van der Waals surface area contributed by atoms with Crippen LogP contribution in [-0.2, 0) is 4.79 Å². The van der Waals surface area contributed by atoms with E-state index in [0.717, 1.165) is 16.7 Å². The number of nitrogens with one attached hydrogen (secondary N) is 1. The molecule has 0 bridgehead atoms. The van der Waals surface area contributed by atoms with Crippen molar-refractivity contribution in [2.75, 3.05) is 11.1 Å². The molecule has 1 aromatic heterocycles. The number of carbonyl (C=O) groups is 3. The summed E-state index contributed by atoms with van der Waals surface area (Å²) in [5, 5.41) is 3.47. The quantitative estimate of drug-likeness (QED) is 0.416. The summed E-state index contributed by atoms with van der Waals surface area (Å²) in [5.41, 5.74) is 3.92. The third-order valence-electron chi connectivity index (χ3n) is 5.27. The molecule has 0 saturated heterocycles. The van der Waals surface area contributed by atoms with E-state index >= 15 is 0 Å². The van der Waals surface area contributed by atoms with Crippen LogP contribution >= 0.6 is 11.8 Å². The molecule has 0 saturated carbocycles. The molecular weight excluding hydrogens is 422 g/mol. The van der Waals surface area contributed by atoms with Crippen LogP contribution in [0.25, 0.3) is 11.0 Å². The molecule has 1 amide bonds. The largest absolute Gasteiger partial charge is 0.325 e. The molecule has 0 fully saturated rings. The van der Waals surface area contributed by atoms with Crippen LogP contribution in [0.1, 0.15) is 37.5 Å². The number of hydrogen-bond donors (Lipinski definition) is 1. The first-order valence-electron chi connectivity index (χ1n) is 10.0. The Hall–Kier alpha value is -3.84. The van der Waals surface area contributed by atoms with E-state index in [1.165, 1.54) is 11.8 Å². The van der Waals surface area contributed by atoms with E-state index in [9.17, 15) is 14.4 Å². The Morgan fingerprint density at radius 2 is 1.44 bits per heavy atom. The summed E-state index contributed by atoms with van der Waals surface area (Å²) >= 11 is 1.28. The number of benzene rings is 3. The van der Waals surface area contributed by atoms with Crippen molar-refractivity contribution < 1.29 is 14.4 Å². The summed E-state index contributed by atoms with van der Waals surface area (Å²) in [4.78, 5) is 47.8. The maximum Gasteiger partial charge on any atom is 0.234 e. The molecule has 0 radical (unpaired) electrons. The minimum absolute atomic E-state index is 0.0935. The highest BCUT2D eigenvalue weighted by molar-refractivity contribution is 8.00. The number of carbonyl (C=O) groups excluding carboxylic acids is 3. The van der Waals surface area contributed by atoms with Crippen LogP contribution in [0, 0.1) is 6.92 Å². The number of fused-ring (bicyclic) bond motifs is 3. The normalized spacial score (nSPS) is 12.4. The Morgan fingerprint density at radius 3 is 2.19 bits per heavy atom. The molecule has 0 atom stereocenters. The minimum atomic E-state index is -0.295. The van der Waals surface area contributed by atoms with Crippen molar-refractivity contribution in [1.82, 2.24) is 9.97 Å². The fourth-order valence-electron chi connectivity index (χ4n) is 3.78. The van der Waals surface area contributed by atoms with Crippen LogP contribution in [0.5, 0.6) is 0 Å². The number of amides is 1. The van der Waals surface area contributed by atoms with Crippen molar-refractivity contribution in [3.05, 3.63) is 94.7 Å². The van der Waals surface area contributed by atoms with Gasteiger partial charge in [0.15, 0.2) is 11.6 Å². The fourth-order valence-corrected chi connectivity index (χ4v) is 4.54. The molecule has 1 aliphatic rings. The molecule has 0 aliphatic heterocycles. The number of hydrogen-bond acceptors (Lipinski definition) is 6. The molecule has 0 unspecified atom stereocenters. The zero-order valence-corrected chi connectivity index (χ0v) is 17.9. The second kappa shape index (κ2) is 8.01. The highest BCUT2D eigenvalue weighted by Gasteiger charge is 2.31. The van der Waals surface area contributed by atoms with Crippen molar-refractivity contribution in [3.63, 3.8) is 0 Å². The number of anilines is 1. The second-order valence-corrected chi connectivity index (χ2v) is 8.34. The predicted molar refractivity (Wildman–Crippen MR) is 123 cm³/mol. The van der Waals surface area contributed by atoms with Gasteiger partial charge in [-0.25, -0.2) is 9.97 Å². The third kappa shape index (κ3) is 3.46. The van der Waals surface area contributed by atoms with Crippen LogP contribution in [0.4, 0.5) is 5.69 Å². The molecule has 4 aromatic rings. The lowest BCUT2D eigenvalue weighted by molar-refractivity contribution is -0.113. The van der Waals surface area contributed by atoms with E-state index in [-0.39, 0.29) is 28.8 Å². The van der Waals surface area contributed by atoms with Gasteiger partial charge in [-0.2, -0.15) is 0 Å². The van der Waals surface area contributed by atoms with Gasteiger partial charge in [0, 0.05) is 16.7 Å². The first kappa shape index (κ1) is 20.1. The number of para-hydroxylation sites is 2. The maximum atomic E-state index is 13.1. The predicted octanol–water partition coefficient (Wildman–Crippen LogP) is 4.44. The van der Waals surface area contributed by atoms with Crippen molar-refractivity contribution in [2.45, 2.75) is 11.9 Å². The van der Waals surface area contributed by atoms with E-state index < -0.39 is 0 Å². The van der Waals surface area contributed by atoms with Gasteiger partial charge in [-0.15, -0.1) is 0 Å². The lowest BCUT2D eigenvalue weighted by atomic mass is 9.83. The standard InChI is InChI=1S/C25H17N3O3S/c1-14-25(28-19-11-5-4-10-18(19)26-14)32-13-21(29)27-20-12-6-9-17-22(20)24(31)16-8-3-2-7-15(16)23(17)30/h2-12H,13H2,1H3,(H,27,29). The van der Waals surface area contributed by atoms with E-state index in [2.05, 4.69) is 15.3 Å². The van der Waals surface area contributed by atoms with Crippen LogP contribution in [0.2, 0.25) is 0 Å². The number of thioether (sulfide) groups is 1. The van der Waals surface area contributed by atoms with Crippen LogP contribution < -0.4 is 5.32 Å². The van der Waals surface area contributed by atoms with Crippen LogP contribution in [0.15, 0.2) is 71.8 Å². The van der Waals surface area contributed by atoms with Gasteiger partial charge in [-0.05, 0) is 25.1 Å². The minimum Gasteiger partial charge on any atom is -0.325 e. The average molecular weight is 439 g/mol. The molecule has 3 aromatic carbocycles. The summed E-state index contributed by atoms with van der Waals surface area (Å²) in [6.45, 7) is 1.86. The number of aromatic nitrogens is 2. The summed E-state index contributed by atoms with van der Waals surface area (Å²) < 4.78 is 0. The van der Waals surface area contributed by atoms with Gasteiger partial charge in [0.25, 0.3) is 0 Å². The average Bonchev–Trinajstić information content (AvgIpc) is 2.81. The van der Waals surface area contributed by atoms with Crippen molar-refractivity contribution in [1.29, 1.82) is 0 Å². The van der Waals surface area contributed by atoms with Crippen LogP contribution in [0.3, 0.4) is 0 Å². The highest BCUT2D eigenvalue weighted by Crippen LogP contribution is 2.32.